The number of rotatable bonds is 7. The predicted octanol–water partition coefficient (Wildman–Crippen LogP) is 1.78. The van der Waals surface area contributed by atoms with Crippen molar-refractivity contribution in [1.29, 1.82) is 0 Å². The van der Waals surface area contributed by atoms with Crippen molar-refractivity contribution in [1.82, 2.24) is 15.1 Å². The van der Waals surface area contributed by atoms with Crippen molar-refractivity contribution in [3.05, 3.63) is 47.8 Å². The molecule has 0 fully saturated rings. The summed E-state index contributed by atoms with van der Waals surface area (Å²) in [5, 5.41) is 15.8. The highest BCUT2D eigenvalue weighted by atomic mass is 16.5. The molecule has 7 nitrogen and oxygen atoms in total. The molecule has 0 saturated heterocycles. The Labute approximate surface area is 140 Å². The number of carboxylic acids is 1. The molecular weight excluding hydrogens is 310 g/mol. The van der Waals surface area contributed by atoms with Crippen LogP contribution in [-0.4, -0.2) is 39.9 Å². The molecule has 1 aromatic heterocycles. The van der Waals surface area contributed by atoms with Gasteiger partial charge in [-0.25, -0.2) is 4.79 Å². The number of aromatic nitrogens is 2. The van der Waals surface area contributed by atoms with E-state index in [1.54, 1.807) is 31.8 Å². The van der Waals surface area contributed by atoms with Gasteiger partial charge in [-0.2, -0.15) is 5.10 Å². The summed E-state index contributed by atoms with van der Waals surface area (Å²) >= 11 is 0. The highest BCUT2D eigenvalue weighted by molar-refractivity contribution is 5.96. The molecule has 2 rings (SSSR count). The van der Waals surface area contributed by atoms with Crippen LogP contribution >= 0.6 is 0 Å². The van der Waals surface area contributed by atoms with Crippen LogP contribution in [0.2, 0.25) is 0 Å². The van der Waals surface area contributed by atoms with E-state index in [1.807, 2.05) is 24.3 Å². The number of ether oxygens (including phenoxy) is 1. The largest absolute Gasteiger partial charge is 0.497 e. The third kappa shape index (κ3) is 4.34. The van der Waals surface area contributed by atoms with Crippen molar-refractivity contribution >= 4 is 11.9 Å². The molecule has 0 spiro atoms. The maximum atomic E-state index is 12.2. The van der Waals surface area contributed by atoms with Crippen LogP contribution in [0.4, 0.5) is 0 Å². The number of carbonyl (C=O) groups excluding carboxylic acids is 1. The van der Waals surface area contributed by atoms with Crippen LogP contribution in [-0.2, 0) is 11.3 Å². The second kappa shape index (κ2) is 7.63. The summed E-state index contributed by atoms with van der Waals surface area (Å²) in [6.07, 6.45) is 3.02. The van der Waals surface area contributed by atoms with E-state index in [0.717, 1.165) is 11.3 Å². The van der Waals surface area contributed by atoms with Crippen LogP contribution in [0.3, 0.4) is 0 Å². The first-order valence-corrected chi connectivity index (χ1v) is 7.59. The molecule has 0 unspecified atom stereocenters. The van der Waals surface area contributed by atoms with Gasteiger partial charge in [-0.3, -0.25) is 9.48 Å². The van der Waals surface area contributed by atoms with Crippen LogP contribution in [0.25, 0.3) is 0 Å². The zero-order valence-corrected chi connectivity index (χ0v) is 13.9. The fraction of sp³-hybridized carbons (Fsp3) is 0.353. The van der Waals surface area contributed by atoms with E-state index in [9.17, 15) is 9.59 Å². The van der Waals surface area contributed by atoms with Crippen molar-refractivity contribution in [2.45, 2.75) is 26.4 Å². The molecule has 1 heterocycles. The molecule has 1 atom stereocenters. The lowest BCUT2D eigenvalue weighted by atomic mass is 10.0. The van der Waals surface area contributed by atoms with Gasteiger partial charge >= 0.3 is 5.97 Å². The lowest BCUT2D eigenvalue weighted by Gasteiger charge is -2.17. The Morgan fingerprint density at radius 3 is 2.50 bits per heavy atom. The Morgan fingerprint density at radius 1 is 1.29 bits per heavy atom. The first-order chi connectivity index (χ1) is 11.4. The average Bonchev–Trinajstić information content (AvgIpc) is 3.01. The van der Waals surface area contributed by atoms with Crippen LogP contribution in [0.5, 0.6) is 5.75 Å². The normalized spacial score (nSPS) is 12.0. The number of methoxy groups -OCH3 is 1. The fourth-order valence-electron chi connectivity index (χ4n) is 2.22. The number of carbonyl (C=O) groups is 2. The molecular formula is C17H21N3O4. The number of benzene rings is 1. The number of amides is 1. The molecule has 7 heteroatoms. The summed E-state index contributed by atoms with van der Waals surface area (Å²) in [5.74, 6) is -0.936. The van der Waals surface area contributed by atoms with Crippen LogP contribution in [0.1, 0.15) is 29.8 Å². The Morgan fingerprint density at radius 2 is 1.96 bits per heavy atom. The minimum Gasteiger partial charge on any atom is -0.497 e. The Balaban J connectivity index is 2.03. The van der Waals surface area contributed by atoms with Crippen molar-refractivity contribution in [3.63, 3.8) is 0 Å². The van der Waals surface area contributed by atoms with E-state index in [4.69, 9.17) is 9.84 Å². The van der Waals surface area contributed by atoms with E-state index in [1.165, 1.54) is 6.20 Å². The number of carboxylic acid groups (broad SMARTS) is 1. The van der Waals surface area contributed by atoms with Gasteiger partial charge in [0.15, 0.2) is 0 Å². The van der Waals surface area contributed by atoms with Gasteiger partial charge in [0.1, 0.15) is 11.8 Å². The molecule has 1 aromatic carbocycles. The number of hydrogen-bond donors (Lipinski definition) is 2. The molecule has 0 radical (unpaired) electrons. The van der Waals surface area contributed by atoms with E-state index in [2.05, 4.69) is 10.4 Å². The van der Waals surface area contributed by atoms with Gasteiger partial charge < -0.3 is 15.2 Å². The second-order valence-corrected chi connectivity index (χ2v) is 5.81. The van der Waals surface area contributed by atoms with Crippen molar-refractivity contribution in [2.75, 3.05) is 7.11 Å². The zero-order chi connectivity index (χ0) is 17.7. The summed E-state index contributed by atoms with van der Waals surface area (Å²) in [4.78, 5) is 23.3. The summed E-state index contributed by atoms with van der Waals surface area (Å²) in [6, 6.07) is 6.61. The maximum absolute atomic E-state index is 12.2. The number of aliphatic carboxylic acids is 1. The first kappa shape index (κ1) is 17.5. The van der Waals surface area contributed by atoms with Gasteiger partial charge in [-0.1, -0.05) is 26.0 Å². The van der Waals surface area contributed by atoms with Crippen LogP contribution < -0.4 is 10.1 Å². The van der Waals surface area contributed by atoms with E-state index >= 15 is 0 Å². The molecule has 0 aliphatic heterocycles. The van der Waals surface area contributed by atoms with Gasteiger partial charge in [0.25, 0.3) is 5.91 Å². The third-order valence-corrected chi connectivity index (χ3v) is 3.62. The number of hydrogen-bond acceptors (Lipinski definition) is 4. The summed E-state index contributed by atoms with van der Waals surface area (Å²) in [6.45, 7) is 3.99. The number of nitrogens with zero attached hydrogens (tertiary/aromatic N) is 2. The molecule has 128 valence electrons. The van der Waals surface area contributed by atoms with Crippen LogP contribution in [0.15, 0.2) is 36.7 Å². The zero-order valence-electron chi connectivity index (χ0n) is 13.9. The minimum absolute atomic E-state index is 0.208. The van der Waals surface area contributed by atoms with Gasteiger partial charge in [-0.05, 0) is 23.6 Å². The third-order valence-electron chi connectivity index (χ3n) is 3.62. The predicted molar refractivity (Wildman–Crippen MR) is 88.1 cm³/mol. The molecule has 1 amide bonds. The quantitative estimate of drug-likeness (QED) is 0.806. The molecule has 0 aliphatic rings. The Kier molecular flexibility index (Phi) is 5.57. The summed E-state index contributed by atoms with van der Waals surface area (Å²) in [5.41, 5.74) is 1.34. The van der Waals surface area contributed by atoms with E-state index in [0.29, 0.717) is 12.1 Å². The SMILES string of the molecule is COc1ccc(Cn2cc(C(=O)N[C@@H](C(=O)O)C(C)C)cn2)cc1. The standard InChI is InChI=1S/C17H21N3O4/c1-11(2)15(17(22)23)19-16(21)13-8-18-20(10-13)9-12-4-6-14(24-3)7-5-12/h4-8,10-11,15H,9H2,1-3H3,(H,19,21)(H,22,23)/t15-/m1/s1. The molecule has 0 saturated carbocycles. The average molecular weight is 331 g/mol. The maximum Gasteiger partial charge on any atom is 0.326 e. The number of nitrogens with one attached hydrogen (secondary N) is 1. The van der Waals surface area contributed by atoms with Gasteiger partial charge in [-0.15, -0.1) is 0 Å². The molecule has 0 bridgehead atoms. The Hall–Kier alpha value is -2.83. The Bertz CT molecular complexity index is 707. The summed E-state index contributed by atoms with van der Waals surface area (Å²) in [7, 11) is 1.61. The lowest BCUT2D eigenvalue weighted by Crippen LogP contribution is -2.44. The van der Waals surface area contributed by atoms with Crippen LogP contribution in [0, 0.1) is 5.92 Å². The highest BCUT2D eigenvalue weighted by Gasteiger charge is 2.24. The first-order valence-electron chi connectivity index (χ1n) is 7.59. The van der Waals surface area contributed by atoms with Gasteiger partial charge in [0.05, 0.1) is 25.4 Å². The van der Waals surface area contributed by atoms with Gasteiger partial charge in [0.2, 0.25) is 0 Å². The van der Waals surface area contributed by atoms with E-state index < -0.39 is 17.9 Å². The van der Waals surface area contributed by atoms with Crippen molar-refractivity contribution < 1.29 is 19.4 Å². The molecule has 0 aliphatic carbocycles. The second-order valence-electron chi connectivity index (χ2n) is 5.81. The fourth-order valence-corrected chi connectivity index (χ4v) is 2.22. The minimum atomic E-state index is -1.05. The van der Waals surface area contributed by atoms with Gasteiger partial charge in [0, 0.05) is 6.20 Å². The topological polar surface area (TPSA) is 93.5 Å². The van der Waals surface area contributed by atoms with Crippen molar-refractivity contribution in [3.8, 4) is 5.75 Å². The summed E-state index contributed by atoms with van der Waals surface area (Å²) < 4.78 is 6.73. The highest BCUT2D eigenvalue weighted by Crippen LogP contribution is 2.12. The van der Waals surface area contributed by atoms with Crippen molar-refractivity contribution in [2.24, 2.45) is 5.92 Å². The van der Waals surface area contributed by atoms with E-state index in [-0.39, 0.29) is 5.92 Å². The molecule has 2 aromatic rings. The molecule has 24 heavy (non-hydrogen) atoms. The smallest absolute Gasteiger partial charge is 0.326 e. The lowest BCUT2D eigenvalue weighted by molar-refractivity contribution is -0.140. The molecule has 2 N–H and O–H groups in total. The monoisotopic (exact) mass is 331 g/mol.